The minimum atomic E-state index is 0. The molecule has 3 aromatic rings. The lowest BCUT2D eigenvalue weighted by atomic mass is 10.1. The maximum absolute atomic E-state index is 5.92. The Morgan fingerprint density at radius 1 is 1.00 bits per heavy atom. The number of halogens is 1. The monoisotopic (exact) mass is 351 g/mol. The van der Waals surface area contributed by atoms with Crippen LogP contribution in [-0.2, 0) is 7.05 Å². The Balaban J connectivity index is 0.00000120. The molecule has 0 bridgehead atoms. The van der Waals surface area contributed by atoms with Crippen LogP contribution in [0.5, 0.6) is 0 Å². The Hall–Kier alpha value is -1.36. The van der Waals surface area contributed by atoms with Crippen LogP contribution in [0.1, 0.15) is 5.56 Å². The Labute approximate surface area is 123 Å². The van der Waals surface area contributed by atoms with E-state index < -0.39 is 0 Å². The van der Waals surface area contributed by atoms with E-state index in [0.717, 1.165) is 16.9 Å². The highest BCUT2D eigenvalue weighted by Crippen LogP contribution is 2.32. The average molecular weight is 351 g/mol. The molecule has 0 radical (unpaired) electrons. The lowest BCUT2D eigenvalue weighted by molar-refractivity contribution is -0.671. The second kappa shape index (κ2) is 5.10. The van der Waals surface area contributed by atoms with Crippen molar-refractivity contribution in [3.05, 3.63) is 54.4 Å². The van der Waals surface area contributed by atoms with E-state index in [0.29, 0.717) is 0 Å². The Morgan fingerprint density at radius 2 is 1.67 bits per heavy atom. The van der Waals surface area contributed by atoms with Crippen molar-refractivity contribution in [1.82, 2.24) is 0 Å². The third-order valence-corrected chi connectivity index (χ3v) is 3.08. The average Bonchev–Trinajstić information content (AvgIpc) is 2.69. The van der Waals surface area contributed by atoms with E-state index >= 15 is 0 Å². The van der Waals surface area contributed by atoms with E-state index in [-0.39, 0.29) is 24.0 Å². The van der Waals surface area contributed by atoms with Gasteiger partial charge in [0.25, 0.3) is 0 Å². The van der Waals surface area contributed by atoms with Gasteiger partial charge in [0, 0.05) is 28.6 Å². The summed E-state index contributed by atoms with van der Waals surface area (Å²) in [6, 6.07) is 12.3. The summed E-state index contributed by atoms with van der Waals surface area (Å²) >= 11 is 0. The summed E-state index contributed by atoms with van der Waals surface area (Å²) in [4.78, 5) is 0. The summed E-state index contributed by atoms with van der Waals surface area (Å²) in [5.41, 5.74) is 3.28. The quantitative estimate of drug-likeness (QED) is 0.454. The van der Waals surface area contributed by atoms with E-state index in [1.807, 2.05) is 42.2 Å². The first-order valence-corrected chi connectivity index (χ1v) is 5.69. The zero-order chi connectivity index (χ0) is 11.8. The minimum Gasteiger partial charge on any atom is -1.00 e. The summed E-state index contributed by atoms with van der Waals surface area (Å²) in [7, 11) is 2.01. The van der Waals surface area contributed by atoms with Crippen molar-refractivity contribution in [3.8, 4) is 11.3 Å². The van der Waals surface area contributed by atoms with Crippen LogP contribution in [0.4, 0.5) is 0 Å². The van der Waals surface area contributed by atoms with Gasteiger partial charge in [0.15, 0.2) is 12.4 Å². The predicted molar refractivity (Wildman–Crippen MR) is 67.6 cm³/mol. The summed E-state index contributed by atoms with van der Waals surface area (Å²) in [6.45, 7) is 2.11. The number of hydrogen-bond acceptors (Lipinski definition) is 1. The Morgan fingerprint density at radius 3 is 2.33 bits per heavy atom. The molecule has 2 heterocycles. The van der Waals surface area contributed by atoms with Gasteiger partial charge >= 0.3 is 0 Å². The van der Waals surface area contributed by atoms with Gasteiger partial charge < -0.3 is 28.4 Å². The molecule has 0 fully saturated rings. The van der Waals surface area contributed by atoms with E-state index in [9.17, 15) is 0 Å². The van der Waals surface area contributed by atoms with Crippen molar-refractivity contribution in [2.24, 2.45) is 7.05 Å². The molecule has 18 heavy (non-hydrogen) atoms. The van der Waals surface area contributed by atoms with Crippen molar-refractivity contribution in [1.29, 1.82) is 0 Å². The van der Waals surface area contributed by atoms with Crippen molar-refractivity contribution in [2.75, 3.05) is 0 Å². The van der Waals surface area contributed by atoms with E-state index in [1.54, 1.807) is 0 Å². The Bertz CT molecular complexity index is 671. The molecule has 0 spiro atoms. The summed E-state index contributed by atoms with van der Waals surface area (Å²) in [6.07, 6.45) is 4.06. The van der Waals surface area contributed by atoms with Crippen molar-refractivity contribution < 1.29 is 33.0 Å². The molecule has 0 saturated carbocycles. The molecule has 1 aromatic carbocycles. The summed E-state index contributed by atoms with van der Waals surface area (Å²) in [5, 5.41) is 1.19. The first-order chi connectivity index (χ1) is 8.25. The molecule has 0 amide bonds. The predicted octanol–water partition coefficient (Wildman–Crippen LogP) is 0.237. The SMILES string of the molecule is Cc1c(-c2cc[n+](C)cc2)oc2ccccc12.[I-]. The number of aromatic nitrogens is 1. The zero-order valence-electron chi connectivity index (χ0n) is 10.4. The van der Waals surface area contributed by atoms with E-state index in [2.05, 4.69) is 25.1 Å². The van der Waals surface area contributed by atoms with E-state index in [4.69, 9.17) is 4.42 Å². The molecule has 0 N–H and O–H groups in total. The van der Waals surface area contributed by atoms with Gasteiger partial charge in [-0.2, -0.15) is 0 Å². The zero-order valence-corrected chi connectivity index (χ0v) is 12.5. The Kier molecular flexibility index (Phi) is 3.71. The third kappa shape index (κ3) is 2.14. The van der Waals surface area contributed by atoms with Gasteiger partial charge in [0.1, 0.15) is 18.4 Å². The normalized spacial score (nSPS) is 10.3. The highest BCUT2D eigenvalue weighted by molar-refractivity contribution is 5.87. The fraction of sp³-hybridized carbons (Fsp3) is 0.133. The van der Waals surface area contributed by atoms with Gasteiger partial charge in [-0.05, 0) is 13.0 Å². The molecule has 0 atom stereocenters. The number of pyridine rings is 1. The van der Waals surface area contributed by atoms with Gasteiger partial charge in [0.2, 0.25) is 0 Å². The van der Waals surface area contributed by atoms with Gasteiger partial charge in [-0.15, -0.1) is 0 Å². The maximum Gasteiger partial charge on any atom is 0.169 e. The molecule has 92 valence electrons. The number of hydrogen-bond donors (Lipinski definition) is 0. The second-order valence-corrected chi connectivity index (χ2v) is 4.30. The van der Waals surface area contributed by atoms with Crippen LogP contribution in [0.15, 0.2) is 53.2 Å². The molecule has 2 nitrogen and oxygen atoms in total. The third-order valence-electron chi connectivity index (χ3n) is 3.08. The van der Waals surface area contributed by atoms with Crippen LogP contribution in [0.3, 0.4) is 0 Å². The molecule has 0 saturated heterocycles. The number of aryl methyl sites for hydroxylation is 2. The smallest absolute Gasteiger partial charge is 0.169 e. The molecule has 3 rings (SSSR count). The second-order valence-electron chi connectivity index (χ2n) is 4.30. The molecule has 3 heteroatoms. The van der Waals surface area contributed by atoms with Crippen LogP contribution in [0.2, 0.25) is 0 Å². The van der Waals surface area contributed by atoms with Crippen molar-refractivity contribution in [2.45, 2.75) is 6.92 Å². The highest BCUT2D eigenvalue weighted by Gasteiger charge is 2.12. The summed E-state index contributed by atoms with van der Waals surface area (Å²) < 4.78 is 7.93. The van der Waals surface area contributed by atoms with E-state index in [1.165, 1.54) is 10.9 Å². The first kappa shape index (κ1) is 13.1. The lowest BCUT2D eigenvalue weighted by Gasteiger charge is -1.96. The van der Waals surface area contributed by atoms with Crippen molar-refractivity contribution in [3.63, 3.8) is 0 Å². The molecule has 0 unspecified atom stereocenters. The molecule has 0 aliphatic rings. The number of fused-ring (bicyclic) bond motifs is 1. The van der Waals surface area contributed by atoms with Gasteiger partial charge in [-0.3, -0.25) is 0 Å². The van der Waals surface area contributed by atoms with Crippen LogP contribution in [-0.4, -0.2) is 0 Å². The van der Waals surface area contributed by atoms with Gasteiger partial charge in [-0.1, -0.05) is 18.2 Å². The van der Waals surface area contributed by atoms with Gasteiger partial charge in [0.05, 0.1) is 0 Å². The largest absolute Gasteiger partial charge is 1.00 e. The molecule has 2 aromatic heterocycles. The fourth-order valence-corrected chi connectivity index (χ4v) is 2.10. The van der Waals surface area contributed by atoms with Crippen LogP contribution in [0.25, 0.3) is 22.3 Å². The lowest BCUT2D eigenvalue weighted by Crippen LogP contribution is -3.00. The van der Waals surface area contributed by atoms with Crippen LogP contribution in [0, 0.1) is 6.92 Å². The highest BCUT2D eigenvalue weighted by atomic mass is 127. The maximum atomic E-state index is 5.92. The minimum absolute atomic E-state index is 0. The number of rotatable bonds is 1. The molecule has 0 aliphatic heterocycles. The first-order valence-electron chi connectivity index (χ1n) is 5.69. The van der Waals surface area contributed by atoms with Crippen LogP contribution < -0.4 is 28.5 Å². The summed E-state index contributed by atoms with van der Waals surface area (Å²) in [5.74, 6) is 0.965. The topological polar surface area (TPSA) is 17.0 Å². The van der Waals surface area contributed by atoms with Gasteiger partial charge in [-0.25, -0.2) is 4.57 Å². The molecular formula is C15H14INO. The standard InChI is InChI=1S/C15H14NO.HI/c1-11-13-5-3-4-6-14(13)17-15(11)12-7-9-16(2)10-8-12;/h3-10H,1-2H3;1H/q+1;/p-1. The number of para-hydroxylation sites is 1. The number of benzene rings is 1. The number of furan rings is 1. The molecule has 0 aliphatic carbocycles. The van der Waals surface area contributed by atoms with Crippen LogP contribution >= 0.6 is 0 Å². The number of nitrogens with zero attached hydrogens (tertiary/aromatic N) is 1. The fourth-order valence-electron chi connectivity index (χ4n) is 2.10. The van der Waals surface area contributed by atoms with Crippen molar-refractivity contribution >= 4 is 11.0 Å². The molecular weight excluding hydrogens is 337 g/mol.